The van der Waals surface area contributed by atoms with Gasteiger partial charge in [0.05, 0.1) is 17.6 Å². The zero-order valence-electron chi connectivity index (χ0n) is 10.5. The van der Waals surface area contributed by atoms with Crippen molar-refractivity contribution in [3.8, 4) is 0 Å². The van der Waals surface area contributed by atoms with Crippen LogP contribution in [0.25, 0.3) is 0 Å². The molecule has 1 heterocycles. The molecule has 2 rings (SSSR count). The van der Waals surface area contributed by atoms with Gasteiger partial charge < -0.3 is 4.74 Å². The topological polar surface area (TPSA) is 46.6 Å². The van der Waals surface area contributed by atoms with Crippen LogP contribution in [0.5, 0.6) is 0 Å². The van der Waals surface area contributed by atoms with Gasteiger partial charge in [-0.3, -0.25) is 0 Å². The van der Waals surface area contributed by atoms with Crippen LogP contribution >= 0.6 is 15.9 Å². The Hall–Kier alpha value is -0.500. The van der Waals surface area contributed by atoms with Gasteiger partial charge in [0.1, 0.15) is 5.82 Å². The van der Waals surface area contributed by atoms with Crippen molar-refractivity contribution in [2.24, 2.45) is 0 Å². The third kappa shape index (κ3) is 3.16. The Labute approximate surface area is 120 Å². The van der Waals surface area contributed by atoms with Crippen LogP contribution in [-0.2, 0) is 14.8 Å². The molecule has 1 atom stereocenters. The zero-order chi connectivity index (χ0) is 14.0. The monoisotopic (exact) mass is 351 g/mol. The maximum absolute atomic E-state index is 13.1. The van der Waals surface area contributed by atoms with Gasteiger partial charge >= 0.3 is 0 Å². The van der Waals surface area contributed by atoms with Crippen molar-refractivity contribution >= 4 is 26.0 Å². The van der Waals surface area contributed by atoms with Crippen LogP contribution < -0.4 is 0 Å². The standard InChI is InChI=1S/C12H15BrFNO3S/c1-9-6-10(14)2-3-12(9)19(16,17)15-4-5-18-11(7-13)8-15/h2-3,6,11H,4-5,7-8H2,1H3. The molecule has 1 fully saturated rings. The van der Waals surface area contributed by atoms with Gasteiger partial charge in [-0.05, 0) is 30.7 Å². The summed E-state index contributed by atoms with van der Waals surface area (Å²) in [6.07, 6.45) is -0.149. The summed E-state index contributed by atoms with van der Waals surface area (Å²) >= 11 is 3.29. The lowest BCUT2D eigenvalue weighted by Gasteiger charge is -2.31. The molecular formula is C12H15BrFNO3S. The van der Waals surface area contributed by atoms with E-state index >= 15 is 0 Å². The minimum Gasteiger partial charge on any atom is -0.375 e. The third-order valence-electron chi connectivity index (χ3n) is 3.03. The van der Waals surface area contributed by atoms with E-state index in [4.69, 9.17) is 4.74 Å². The summed E-state index contributed by atoms with van der Waals surface area (Å²) in [4.78, 5) is 0.157. The van der Waals surface area contributed by atoms with Crippen molar-refractivity contribution in [2.75, 3.05) is 25.0 Å². The van der Waals surface area contributed by atoms with E-state index in [-0.39, 0.29) is 11.0 Å². The second-order valence-electron chi connectivity index (χ2n) is 4.42. The average Bonchev–Trinajstić information content (AvgIpc) is 2.38. The lowest BCUT2D eigenvalue weighted by molar-refractivity contribution is 0.0136. The summed E-state index contributed by atoms with van der Waals surface area (Å²) in [6, 6.07) is 3.72. The molecule has 0 bridgehead atoms. The Balaban J connectivity index is 2.31. The molecule has 1 aliphatic rings. The first-order chi connectivity index (χ1) is 8.95. The number of aryl methyl sites for hydroxylation is 1. The van der Waals surface area contributed by atoms with E-state index < -0.39 is 15.8 Å². The highest BCUT2D eigenvalue weighted by molar-refractivity contribution is 9.09. The first-order valence-corrected chi connectivity index (χ1v) is 8.45. The molecule has 0 aliphatic carbocycles. The second-order valence-corrected chi connectivity index (χ2v) is 6.97. The fourth-order valence-corrected chi connectivity index (χ4v) is 4.10. The summed E-state index contributed by atoms with van der Waals surface area (Å²) < 4.78 is 44.9. The summed E-state index contributed by atoms with van der Waals surface area (Å²) in [5.74, 6) is -0.434. The summed E-state index contributed by atoms with van der Waals surface area (Å²) in [7, 11) is -3.59. The molecule has 1 unspecified atom stereocenters. The maximum Gasteiger partial charge on any atom is 0.243 e. The van der Waals surface area contributed by atoms with Crippen LogP contribution in [0.1, 0.15) is 5.56 Å². The van der Waals surface area contributed by atoms with Gasteiger partial charge in [-0.1, -0.05) is 15.9 Å². The molecule has 0 saturated carbocycles. The molecule has 0 radical (unpaired) electrons. The summed E-state index contributed by atoms with van der Waals surface area (Å²) in [6.45, 7) is 2.60. The normalized spacial score (nSPS) is 21.5. The number of morpholine rings is 1. The van der Waals surface area contributed by atoms with Crippen LogP contribution in [-0.4, -0.2) is 43.9 Å². The molecule has 0 N–H and O–H groups in total. The van der Waals surface area contributed by atoms with Crippen LogP contribution in [0.4, 0.5) is 4.39 Å². The highest BCUT2D eigenvalue weighted by atomic mass is 79.9. The van der Waals surface area contributed by atoms with Gasteiger partial charge in [-0.25, -0.2) is 12.8 Å². The van der Waals surface area contributed by atoms with Crippen molar-refractivity contribution in [3.05, 3.63) is 29.6 Å². The van der Waals surface area contributed by atoms with Gasteiger partial charge in [0, 0.05) is 18.4 Å². The number of sulfonamides is 1. The molecule has 1 aromatic rings. The van der Waals surface area contributed by atoms with Gasteiger partial charge in [0.15, 0.2) is 0 Å². The largest absolute Gasteiger partial charge is 0.375 e. The lowest BCUT2D eigenvalue weighted by atomic mass is 10.2. The first-order valence-electron chi connectivity index (χ1n) is 5.89. The highest BCUT2D eigenvalue weighted by Crippen LogP contribution is 2.23. The minimum atomic E-state index is -3.59. The molecule has 1 saturated heterocycles. The average molecular weight is 352 g/mol. The van der Waals surface area contributed by atoms with E-state index in [1.165, 1.54) is 22.5 Å². The minimum absolute atomic E-state index is 0.149. The van der Waals surface area contributed by atoms with Crippen LogP contribution in [0.3, 0.4) is 0 Å². The summed E-state index contributed by atoms with van der Waals surface area (Å²) in [5, 5.41) is 0.585. The molecule has 106 valence electrons. The predicted molar refractivity (Wildman–Crippen MR) is 73.4 cm³/mol. The molecule has 0 spiro atoms. The van der Waals surface area contributed by atoms with Gasteiger partial charge in [-0.2, -0.15) is 4.31 Å². The Morgan fingerprint density at radius 3 is 2.89 bits per heavy atom. The lowest BCUT2D eigenvalue weighted by Crippen LogP contribution is -2.46. The smallest absolute Gasteiger partial charge is 0.243 e. The number of halogens is 2. The Morgan fingerprint density at radius 2 is 2.26 bits per heavy atom. The number of nitrogens with zero attached hydrogens (tertiary/aromatic N) is 1. The van der Waals surface area contributed by atoms with Gasteiger partial charge in [0.25, 0.3) is 0 Å². The fraction of sp³-hybridized carbons (Fsp3) is 0.500. The van der Waals surface area contributed by atoms with Crippen molar-refractivity contribution in [2.45, 2.75) is 17.9 Å². The van der Waals surface area contributed by atoms with Gasteiger partial charge in [-0.15, -0.1) is 0 Å². The Bertz CT molecular complexity index is 564. The van der Waals surface area contributed by atoms with Crippen LogP contribution in [0.15, 0.2) is 23.1 Å². The number of benzene rings is 1. The number of alkyl halides is 1. The van der Waals surface area contributed by atoms with Gasteiger partial charge in [0.2, 0.25) is 10.0 Å². The molecule has 7 heteroatoms. The molecule has 4 nitrogen and oxygen atoms in total. The van der Waals surface area contributed by atoms with Crippen molar-refractivity contribution < 1.29 is 17.5 Å². The van der Waals surface area contributed by atoms with E-state index in [0.29, 0.717) is 30.6 Å². The Morgan fingerprint density at radius 1 is 1.53 bits per heavy atom. The highest BCUT2D eigenvalue weighted by Gasteiger charge is 2.31. The SMILES string of the molecule is Cc1cc(F)ccc1S(=O)(=O)N1CCOC(CBr)C1. The van der Waals surface area contributed by atoms with Crippen LogP contribution in [0, 0.1) is 12.7 Å². The zero-order valence-corrected chi connectivity index (χ0v) is 12.9. The molecule has 0 amide bonds. The van der Waals surface area contributed by atoms with E-state index in [9.17, 15) is 12.8 Å². The van der Waals surface area contributed by atoms with E-state index in [0.717, 1.165) is 0 Å². The van der Waals surface area contributed by atoms with Crippen LogP contribution in [0.2, 0.25) is 0 Å². The van der Waals surface area contributed by atoms with E-state index in [1.807, 2.05) is 0 Å². The number of hydrogen-bond donors (Lipinski definition) is 0. The Kier molecular flexibility index (Phi) is 4.60. The second kappa shape index (κ2) is 5.87. The predicted octanol–water partition coefficient (Wildman–Crippen LogP) is 1.92. The van der Waals surface area contributed by atoms with Crippen molar-refractivity contribution in [3.63, 3.8) is 0 Å². The van der Waals surface area contributed by atoms with Crippen molar-refractivity contribution in [1.29, 1.82) is 0 Å². The molecule has 0 aromatic heterocycles. The van der Waals surface area contributed by atoms with E-state index in [2.05, 4.69) is 15.9 Å². The summed E-state index contributed by atoms with van der Waals surface area (Å²) in [5.41, 5.74) is 0.418. The third-order valence-corrected chi connectivity index (χ3v) is 5.78. The van der Waals surface area contributed by atoms with Crippen molar-refractivity contribution in [1.82, 2.24) is 4.31 Å². The fourth-order valence-electron chi connectivity index (χ4n) is 2.05. The molecule has 1 aromatic carbocycles. The number of ether oxygens (including phenoxy) is 1. The number of rotatable bonds is 3. The molecular weight excluding hydrogens is 337 g/mol. The quantitative estimate of drug-likeness (QED) is 0.781. The van der Waals surface area contributed by atoms with E-state index in [1.54, 1.807) is 6.92 Å². The number of hydrogen-bond acceptors (Lipinski definition) is 3. The molecule has 19 heavy (non-hydrogen) atoms. The molecule has 1 aliphatic heterocycles. The maximum atomic E-state index is 13.1. The first kappa shape index (κ1) is 14.9.